The third-order valence-corrected chi connectivity index (χ3v) is 6.54. The van der Waals surface area contributed by atoms with Crippen molar-refractivity contribution in [3.05, 3.63) is 76.7 Å². The summed E-state index contributed by atoms with van der Waals surface area (Å²) >= 11 is 0. The lowest BCUT2D eigenvalue weighted by Crippen LogP contribution is -2.33. The zero-order valence-corrected chi connectivity index (χ0v) is 19.8. The van der Waals surface area contributed by atoms with Crippen molar-refractivity contribution in [1.29, 1.82) is 0 Å². The third kappa shape index (κ3) is 5.82. The van der Waals surface area contributed by atoms with Gasteiger partial charge in [-0.05, 0) is 63.6 Å². The first-order valence-corrected chi connectivity index (χ1v) is 11.8. The van der Waals surface area contributed by atoms with Gasteiger partial charge in [0.15, 0.2) is 0 Å². The average Bonchev–Trinajstić information content (AvgIpc) is 3.16. The van der Waals surface area contributed by atoms with E-state index in [4.69, 9.17) is 9.26 Å². The normalized spacial score (nSPS) is 14.4. The predicted molar refractivity (Wildman–Crippen MR) is 129 cm³/mol. The Bertz CT molecular complexity index is 1070. The number of nitrogens with zero attached hydrogens (tertiary/aromatic N) is 2. The maximum Gasteiger partial charge on any atom is 0.255 e. The molecule has 1 aromatic heterocycles. The summed E-state index contributed by atoms with van der Waals surface area (Å²) < 4.78 is 11.1. The Kier molecular flexibility index (Phi) is 7.45. The van der Waals surface area contributed by atoms with Crippen molar-refractivity contribution in [2.24, 2.45) is 0 Å². The van der Waals surface area contributed by atoms with Gasteiger partial charge in [0.25, 0.3) is 5.91 Å². The molecule has 1 aliphatic rings. The van der Waals surface area contributed by atoms with E-state index in [1.54, 1.807) is 12.1 Å². The molecular formula is C27H33N3O3. The molecule has 0 atom stereocenters. The number of anilines is 1. The van der Waals surface area contributed by atoms with Crippen LogP contribution in [0.5, 0.6) is 5.75 Å². The second kappa shape index (κ2) is 10.7. The highest BCUT2D eigenvalue weighted by Gasteiger charge is 2.19. The fourth-order valence-corrected chi connectivity index (χ4v) is 4.48. The topological polar surface area (TPSA) is 67.6 Å². The first-order chi connectivity index (χ1) is 16.0. The molecule has 33 heavy (non-hydrogen) atoms. The van der Waals surface area contributed by atoms with Gasteiger partial charge < -0.3 is 14.6 Å². The van der Waals surface area contributed by atoms with E-state index in [2.05, 4.69) is 28.5 Å². The minimum Gasteiger partial charge on any atom is -0.489 e. The predicted octanol–water partition coefficient (Wildman–Crippen LogP) is 5.89. The van der Waals surface area contributed by atoms with Crippen LogP contribution in [0.15, 0.2) is 53.1 Å². The van der Waals surface area contributed by atoms with Crippen LogP contribution in [0.2, 0.25) is 0 Å². The maximum atomic E-state index is 13.0. The van der Waals surface area contributed by atoms with E-state index in [0.29, 0.717) is 24.0 Å². The minimum atomic E-state index is -0.148. The van der Waals surface area contributed by atoms with Gasteiger partial charge in [-0.15, -0.1) is 0 Å². The highest BCUT2D eigenvalue weighted by molar-refractivity contribution is 6.04. The molecular weight excluding hydrogens is 414 g/mol. The zero-order chi connectivity index (χ0) is 23.2. The summed E-state index contributed by atoms with van der Waals surface area (Å²) in [5, 5.41) is 7.06. The number of rotatable bonds is 8. The molecule has 2 aromatic carbocycles. The van der Waals surface area contributed by atoms with Crippen LogP contribution in [0.4, 0.5) is 5.69 Å². The van der Waals surface area contributed by atoms with Gasteiger partial charge in [-0.3, -0.25) is 9.69 Å². The van der Waals surface area contributed by atoms with Crippen LogP contribution >= 0.6 is 0 Å². The molecule has 6 heteroatoms. The van der Waals surface area contributed by atoms with Crippen molar-refractivity contribution in [3.8, 4) is 5.75 Å². The first kappa shape index (κ1) is 23.1. The molecule has 1 fully saturated rings. The molecule has 6 nitrogen and oxygen atoms in total. The lowest BCUT2D eigenvalue weighted by molar-refractivity contribution is 0.102. The summed E-state index contributed by atoms with van der Waals surface area (Å²) in [5.41, 5.74) is 4.29. The highest BCUT2D eigenvalue weighted by Crippen LogP contribution is 2.25. The number of amides is 1. The molecule has 0 spiro atoms. The van der Waals surface area contributed by atoms with E-state index in [-0.39, 0.29) is 5.91 Å². The second-order valence-electron chi connectivity index (χ2n) is 8.94. The van der Waals surface area contributed by atoms with Gasteiger partial charge in [0, 0.05) is 23.8 Å². The zero-order valence-electron chi connectivity index (χ0n) is 19.8. The largest absolute Gasteiger partial charge is 0.489 e. The number of benzene rings is 2. The Morgan fingerprint density at radius 1 is 1.12 bits per heavy atom. The number of carbonyl (C=O) groups excluding carboxylic acids is 1. The van der Waals surface area contributed by atoms with Crippen LogP contribution in [-0.2, 0) is 13.2 Å². The molecule has 1 saturated carbocycles. The van der Waals surface area contributed by atoms with Crippen LogP contribution in [0.3, 0.4) is 0 Å². The Morgan fingerprint density at radius 2 is 1.91 bits per heavy atom. The molecule has 1 heterocycles. The average molecular weight is 448 g/mol. The van der Waals surface area contributed by atoms with Gasteiger partial charge in [-0.2, -0.15) is 0 Å². The molecule has 1 aliphatic carbocycles. The Balaban J connectivity index is 1.41. The number of para-hydroxylation sites is 1. The van der Waals surface area contributed by atoms with Crippen LogP contribution in [0, 0.1) is 13.8 Å². The van der Waals surface area contributed by atoms with Crippen LogP contribution < -0.4 is 10.1 Å². The van der Waals surface area contributed by atoms with E-state index in [1.165, 1.54) is 32.1 Å². The number of aromatic nitrogens is 1. The summed E-state index contributed by atoms with van der Waals surface area (Å²) in [5.74, 6) is 1.23. The van der Waals surface area contributed by atoms with Gasteiger partial charge in [0.2, 0.25) is 0 Å². The third-order valence-electron chi connectivity index (χ3n) is 6.54. The van der Waals surface area contributed by atoms with E-state index >= 15 is 0 Å². The van der Waals surface area contributed by atoms with Crippen LogP contribution in [0.25, 0.3) is 0 Å². The van der Waals surface area contributed by atoms with Gasteiger partial charge in [-0.25, -0.2) is 0 Å². The Morgan fingerprint density at radius 3 is 2.67 bits per heavy atom. The fourth-order valence-electron chi connectivity index (χ4n) is 4.48. The van der Waals surface area contributed by atoms with Crippen molar-refractivity contribution in [2.45, 2.75) is 65.1 Å². The smallest absolute Gasteiger partial charge is 0.255 e. The van der Waals surface area contributed by atoms with E-state index in [1.807, 2.05) is 44.2 Å². The number of aryl methyl sites for hydroxylation is 2. The maximum absolute atomic E-state index is 13.0. The number of carbonyl (C=O) groups is 1. The minimum absolute atomic E-state index is 0.148. The molecule has 0 aliphatic heterocycles. The monoisotopic (exact) mass is 447 g/mol. The summed E-state index contributed by atoms with van der Waals surface area (Å²) in [4.78, 5) is 15.5. The van der Waals surface area contributed by atoms with Crippen LogP contribution in [-0.4, -0.2) is 29.1 Å². The highest BCUT2D eigenvalue weighted by atomic mass is 16.5. The van der Waals surface area contributed by atoms with Gasteiger partial charge in [0.05, 0.1) is 11.3 Å². The molecule has 0 radical (unpaired) electrons. The van der Waals surface area contributed by atoms with Crippen molar-refractivity contribution in [1.82, 2.24) is 10.1 Å². The fraction of sp³-hybridized carbons (Fsp3) is 0.407. The summed E-state index contributed by atoms with van der Waals surface area (Å²) in [6.45, 7) is 4.93. The molecule has 1 N–H and O–H groups in total. The SMILES string of the molecule is Cc1noc(C)c1COc1cccc(C(=O)Nc2ccccc2CN(C)C2CCCCC2)c1. The van der Waals surface area contributed by atoms with Gasteiger partial charge in [-0.1, -0.05) is 48.7 Å². The molecule has 1 amide bonds. The number of hydrogen-bond donors (Lipinski definition) is 1. The van der Waals surface area contributed by atoms with Gasteiger partial charge >= 0.3 is 0 Å². The summed E-state index contributed by atoms with van der Waals surface area (Å²) in [6.07, 6.45) is 6.47. The quantitative estimate of drug-likeness (QED) is 0.466. The molecule has 3 aromatic rings. The Labute approximate surface area is 195 Å². The van der Waals surface area contributed by atoms with E-state index in [9.17, 15) is 4.79 Å². The van der Waals surface area contributed by atoms with Crippen LogP contribution in [0.1, 0.15) is 65.0 Å². The number of hydrogen-bond acceptors (Lipinski definition) is 5. The van der Waals surface area contributed by atoms with Crippen molar-refractivity contribution in [2.75, 3.05) is 12.4 Å². The van der Waals surface area contributed by atoms with Gasteiger partial charge in [0.1, 0.15) is 18.1 Å². The summed E-state index contributed by atoms with van der Waals surface area (Å²) in [7, 11) is 2.19. The number of nitrogens with one attached hydrogen (secondary N) is 1. The lowest BCUT2D eigenvalue weighted by atomic mass is 9.94. The molecule has 0 unspecified atom stereocenters. The lowest BCUT2D eigenvalue weighted by Gasteiger charge is -2.31. The van der Waals surface area contributed by atoms with Crippen molar-refractivity contribution >= 4 is 11.6 Å². The molecule has 4 rings (SSSR count). The van der Waals surface area contributed by atoms with E-state index < -0.39 is 0 Å². The molecule has 0 saturated heterocycles. The van der Waals surface area contributed by atoms with Crippen molar-refractivity contribution in [3.63, 3.8) is 0 Å². The molecule has 0 bridgehead atoms. The van der Waals surface area contributed by atoms with E-state index in [0.717, 1.165) is 34.8 Å². The number of ether oxygens (including phenoxy) is 1. The van der Waals surface area contributed by atoms with Crippen molar-refractivity contribution < 1.29 is 14.1 Å². The standard InChI is InChI=1S/C27H33N3O3/c1-19-25(20(2)33-29-19)18-32-24-14-9-11-21(16-24)27(31)28-26-15-8-7-10-22(26)17-30(3)23-12-5-4-6-13-23/h7-11,14-16,23H,4-6,12-13,17-18H2,1-3H3,(H,28,31). The Hall–Kier alpha value is -3.12. The summed E-state index contributed by atoms with van der Waals surface area (Å²) in [6, 6.07) is 15.9. The first-order valence-electron chi connectivity index (χ1n) is 11.8. The second-order valence-corrected chi connectivity index (χ2v) is 8.94. The molecule has 174 valence electrons.